The summed E-state index contributed by atoms with van der Waals surface area (Å²) >= 11 is 1.31. The highest BCUT2D eigenvalue weighted by atomic mass is 32.2. The molecule has 1 heterocycles. The molecule has 15 heavy (non-hydrogen) atoms. The first-order valence-electron chi connectivity index (χ1n) is 4.91. The van der Waals surface area contributed by atoms with Gasteiger partial charge in [0.15, 0.2) is 5.03 Å². The van der Waals surface area contributed by atoms with Gasteiger partial charge in [-0.05, 0) is 13.8 Å². The summed E-state index contributed by atoms with van der Waals surface area (Å²) in [5, 5.41) is 9.35. The third kappa shape index (κ3) is 3.07. The van der Waals surface area contributed by atoms with E-state index in [1.807, 2.05) is 20.8 Å². The van der Waals surface area contributed by atoms with E-state index in [4.69, 9.17) is 5.11 Å². The summed E-state index contributed by atoms with van der Waals surface area (Å²) in [5.74, 6) is 0. The minimum atomic E-state index is -0.0854. The molecule has 1 atom stereocenters. The van der Waals surface area contributed by atoms with E-state index in [9.17, 15) is 4.79 Å². The van der Waals surface area contributed by atoms with Crippen LogP contribution in [0.25, 0.3) is 0 Å². The van der Waals surface area contributed by atoms with Crippen molar-refractivity contribution in [2.75, 3.05) is 6.61 Å². The molecule has 1 aromatic rings. The van der Waals surface area contributed by atoms with Gasteiger partial charge in [0.1, 0.15) is 0 Å². The fourth-order valence-corrected chi connectivity index (χ4v) is 1.91. The minimum absolute atomic E-state index is 0.00628. The van der Waals surface area contributed by atoms with E-state index >= 15 is 0 Å². The first-order chi connectivity index (χ1) is 7.06. The summed E-state index contributed by atoms with van der Waals surface area (Å²) in [7, 11) is 0. The Balaban J connectivity index is 3.00. The molecule has 0 aromatic carbocycles. The number of rotatable bonds is 4. The Labute approximate surface area is 93.3 Å². The van der Waals surface area contributed by atoms with Crippen molar-refractivity contribution in [2.24, 2.45) is 0 Å². The van der Waals surface area contributed by atoms with Crippen LogP contribution in [0.1, 0.15) is 26.8 Å². The maximum absolute atomic E-state index is 11.9. The van der Waals surface area contributed by atoms with Crippen LogP contribution < -0.4 is 5.56 Å². The van der Waals surface area contributed by atoms with Gasteiger partial charge in [-0.15, -0.1) is 0 Å². The second-order valence-corrected chi connectivity index (χ2v) is 5.08. The van der Waals surface area contributed by atoms with Gasteiger partial charge in [0, 0.05) is 23.7 Å². The zero-order chi connectivity index (χ0) is 11.4. The largest absolute Gasteiger partial charge is 0.395 e. The van der Waals surface area contributed by atoms with Crippen molar-refractivity contribution in [3.05, 3.63) is 22.7 Å². The second-order valence-electron chi connectivity index (χ2n) is 3.65. The highest BCUT2D eigenvalue weighted by Gasteiger charge is 2.10. The molecular weight excluding hydrogens is 212 g/mol. The summed E-state index contributed by atoms with van der Waals surface area (Å²) in [6.45, 7) is 5.80. The lowest BCUT2D eigenvalue weighted by atomic mass is 10.4. The predicted molar refractivity (Wildman–Crippen MR) is 61.3 cm³/mol. The van der Waals surface area contributed by atoms with Crippen LogP contribution in [0.15, 0.2) is 22.2 Å². The molecule has 0 saturated carbocycles. The SMILES string of the molecule is CC(CO)Sc1nccn(C(C)C)c1=O. The van der Waals surface area contributed by atoms with Gasteiger partial charge in [-0.2, -0.15) is 0 Å². The van der Waals surface area contributed by atoms with Gasteiger partial charge in [0.25, 0.3) is 5.56 Å². The van der Waals surface area contributed by atoms with Crippen LogP contribution in [0.2, 0.25) is 0 Å². The van der Waals surface area contributed by atoms with Crippen LogP contribution in [-0.2, 0) is 0 Å². The molecule has 0 amide bonds. The molecule has 4 nitrogen and oxygen atoms in total. The number of aromatic nitrogens is 2. The standard InChI is InChI=1S/C10H16N2O2S/c1-7(2)12-5-4-11-9(10(12)14)15-8(3)6-13/h4-5,7-8,13H,6H2,1-3H3. The van der Waals surface area contributed by atoms with Gasteiger partial charge in [-0.3, -0.25) is 4.79 Å². The molecule has 1 unspecified atom stereocenters. The average Bonchev–Trinajstić information content (AvgIpc) is 2.20. The van der Waals surface area contributed by atoms with Crippen molar-refractivity contribution in [2.45, 2.75) is 37.1 Å². The quantitative estimate of drug-likeness (QED) is 0.789. The highest BCUT2D eigenvalue weighted by Crippen LogP contribution is 2.17. The Morgan fingerprint density at radius 3 is 2.73 bits per heavy atom. The second kappa shape index (κ2) is 5.32. The van der Waals surface area contributed by atoms with Crippen LogP contribution in [0, 0.1) is 0 Å². The molecule has 0 saturated heterocycles. The molecule has 0 radical (unpaired) electrons. The van der Waals surface area contributed by atoms with E-state index in [2.05, 4.69) is 4.98 Å². The van der Waals surface area contributed by atoms with Crippen molar-refractivity contribution in [3.8, 4) is 0 Å². The maximum Gasteiger partial charge on any atom is 0.283 e. The van der Waals surface area contributed by atoms with Crippen LogP contribution in [0.3, 0.4) is 0 Å². The first-order valence-corrected chi connectivity index (χ1v) is 5.79. The van der Waals surface area contributed by atoms with Crippen LogP contribution in [0.4, 0.5) is 0 Å². The first kappa shape index (κ1) is 12.3. The summed E-state index contributed by atoms with van der Waals surface area (Å²) in [4.78, 5) is 15.9. The average molecular weight is 228 g/mol. The lowest BCUT2D eigenvalue weighted by Gasteiger charge is -2.11. The molecule has 0 fully saturated rings. The Bertz CT molecular complexity index is 376. The van der Waals surface area contributed by atoms with Gasteiger partial charge in [0.05, 0.1) is 6.61 Å². The van der Waals surface area contributed by atoms with E-state index in [1.165, 1.54) is 11.8 Å². The maximum atomic E-state index is 11.9. The topological polar surface area (TPSA) is 55.1 Å². The molecule has 0 aliphatic rings. The monoisotopic (exact) mass is 228 g/mol. The zero-order valence-electron chi connectivity index (χ0n) is 9.17. The Morgan fingerprint density at radius 1 is 1.53 bits per heavy atom. The smallest absolute Gasteiger partial charge is 0.283 e. The lowest BCUT2D eigenvalue weighted by Crippen LogP contribution is -2.24. The van der Waals surface area contributed by atoms with Crippen LogP contribution in [-0.4, -0.2) is 26.5 Å². The summed E-state index contributed by atoms with van der Waals surface area (Å²) in [6.07, 6.45) is 3.30. The number of hydrogen-bond donors (Lipinski definition) is 1. The Kier molecular flexibility index (Phi) is 4.35. The number of aliphatic hydroxyl groups excluding tert-OH is 1. The van der Waals surface area contributed by atoms with Gasteiger partial charge >= 0.3 is 0 Å². The van der Waals surface area contributed by atoms with E-state index < -0.39 is 0 Å². The normalized spacial score (nSPS) is 13.1. The summed E-state index contributed by atoms with van der Waals surface area (Å²) < 4.78 is 1.64. The lowest BCUT2D eigenvalue weighted by molar-refractivity contribution is 0.300. The van der Waals surface area contributed by atoms with Gasteiger partial charge in [-0.25, -0.2) is 4.98 Å². The van der Waals surface area contributed by atoms with Crippen molar-refractivity contribution >= 4 is 11.8 Å². The molecule has 1 N–H and O–H groups in total. The fourth-order valence-electron chi connectivity index (χ4n) is 1.12. The number of hydrogen-bond acceptors (Lipinski definition) is 4. The van der Waals surface area contributed by atoms with Crippen LogP contribution in [0.5, 0.6) is 0 Å². The predicted octanol–water partition coefficient (Wildman–Crippen LogP) is 1.30. The van der Waals surface area contributed by atoms with Crippen molar-refractivity contribution in [1.29, 1.82) is 0 Å². The zero-order valence-corrected chi connectivity index (χ0v) is 9.99. The number of thioether (sulfide) groups is 1. The van der Waals surface area contributed by atoms with Crippen molar-refractivity contribution in [3.63, 3.8) is 0 Å². The molecule has 0 spiro atoms. The number of nitrogens with zero attached hydrogens (tertiary/aromatic N) is 2. The molecule has 1 rings (SSSR count). The molecule has 84 valence electrons. The molecule has 0 bridgehead atoms. The molecule has 1 aromatic heterocycles. The van der Waals surface area contributed by atoms with E-state index in [-0.39, 0.29) is 23.5 Å². The van der Waals surface area contributed by atoms with Gasteiger partial charge in [0.2, 0.25) is 0 Å². The fraction of sp³-hybridized carbons (Fsp3) is 0.600. The minimum Gasteiger partial charge on any atom is -0.395 e. The van der Waals surface area contributed by atoms with E-state index in [1.54, 1.807) is 17.0 Å². The molecule has 0 aliphatic carbocycles. The molecular formula is C10H16N2O2S. The third-order valence-electron chi connectivity index (χ3n) is 1.96. The molecule has 5 heteroatoms. The number of aliphatic hydroxyl groups is 1. The highest BCUT2D eigenvalue weighted by molar-refractivity contribution is 7.99. The third-order valence-corrected chi connectivity index (χ3v) is 3.02. The Morgan fingerprint density at radius 2 is 2.20 bits per heavy atom. The van der Waals surface area contributed by atoms with Gasteiger partial charge in [-0.1, -0.05) is 18.7 Å². The Hall–Kier alpha value is -0.810. The summed E-state index contributed by atoms with van der Waals surface area (Å²) in [6, 6.07) is 0.129. The summed E-state index contributed by atoms with van der Waals surface area (Å²) in [5.41, 5.74) is -0.0854. The molecule has 0 aliphatic heterocycles. The van der Waals surface area contributed by atoms with Crippen molar-refractivity contribution < 1.29 is 5.11 Å². The van der Waals surface area contributed by atoms with E-state index in [0.717, 1.165) is 0 Å². The van der Waals surface area contributed by atoms with Crippen molar-refractivity contribution in [1.82, 2.24) is 9.55 Å². The van der Waals surface area contributed by atoms with Gasteiger partial charge < -0.3 is 9.67 Å². The van der Waals surface area contributed by atoms with Crippen LogP contribution >= 0.6 is 11.8 Å². The van der Waals surface area contributed by atoms with E-state index in [0.29, 0.717) is 5.03 Å².